The Kier molecular flexibility index (Phi) is 2.03. The first-order valence-corrected chi connectivity index (χ1v) is 4.74. The predicted octanol–water partition coefficient (Wildman–Crippen LogP) is 2.03. The van der Waals surface area contributed by atoms with Gasteiger partial charge in [0.25, 0.3) is 0 Å². The standard InChI is InChI=1S/C9H7BrN2O2/c1-12-8(9(13)14)6-4-5(10)2-3-7(6)11-12/h2-4H,1H3,(H,13,14). The largest absolute Gasteiger partial charge is 0.477 e. The highest BCUT2D eigenvalue weighted by atomic mass is 79.9. The van der Waals surface area contributed by atoms with Crippen molar-refractivity contribution in [2.45, 2.75) is 0 Å². The number of carboxylic acids is 1. The minimum absolute atomic E-state index is 0.210. The molecule has 14 heavy (non-hydrogen) atoms. The summed E-state index contributed by atoms with van der Waals surface area (Å²) in [5.74, 6) is -0.965. The first-order valence-electron chi connectivity index (χ1n) is 3.95. The highest BCUT2D eigenvalue weighted by molar-refractivity contribution is 9.10. The van der Waals surface area contributed by atoms with Gasteiger partial charge in [0, 0.05) is 16.9 Å². The minimum atomic E-state index is -0.965. The Bertz CT molecular complexity index is 519. The van der Waals surface area contributed by atoms with E-state index in [0.717, 1.165) is 4.47 Å². The van der Waals surface area contributed by atoms with Crippen molar-refractivity contribution >= 4 is 32.8 Å². The van der Waals surface area contributed by atoms with E-state index in [2.05, 4.69) is 21.0 Å². The number of halogens is 1. The number of nitrogens with zero attached hydrogens (tertiary/aromatic N) is 2. The third-order valence-electron chi connectivity index (χ3n) is 2.00. The van der Waals surface area contributed by atoms with Crippen LogP contribution in [0.15, 0.2) is 22.7 Å². The number of aryl methyl sites for hydroxylation is 1. The lowest BCUT2D eigenvalue weighted by Gasteiger charge is -1.94. The summed E-state index contributed by atoms with van der Waals surface area (Å²) in [5, 5.41) is 13.7. The first kappa shape index (κ1) is 9.21. The fourth-order valence-electron chi connectivity index (χ4n) is 1.42. The smallest absolute Gasteiger partial charge is 0.354 e. The van der Waals surface area contributed by atoms with Gasteiger partial charge >= 0.3 is 5.97 Å². The van der Waals surface area contributed by atoms with E-state index in [9.17, 15) is 4.79 Å². The van der Waals surface area contributed by atoms with Crippen molar-refractivity contribution in [3.8, 4) is 0 Å². The fourth-order valence-corrected chi connectivity index (χ4v) is 1.79. The monoisotopic (exact) mass is 254 g/mol. The third-order valence-corrected chi connectivity index (χ3v) is 2.49. The number of benzene rings is 1. The van der Waals surface area contributed by atoms with Gasteiger partial charge in [-0.3, -0.25) is 4.68 Å². The number of fused-ring (bicyclic) bond motifs is 1. The van der Waals surface area contributed by atoms with Crippen LogP contribution in [0, 0.1) is 0 Å². The Balaban J connectivity index is 2.86. The van der Waals surface area contributed by atoms with Gasteiger partial charge in [-0.25, -0.2) is 4.79 Å². The van der Waals surface area contributed by atoms with Gasteiger partial charge in [0.1, 0.15) is 0 Å². The molecule has 2 aromatic rings. The van der Waals surface area contributed by atoms with Crippen LogP contribution in [0.1, 0.15) is 10.5 Å². The van der Waals surface area contributed by atoms with Gasteiger partial charge in [0.15, 0.2) is 5.69 Å². The molecule has 0 atom stereocenters. The molecule has 0 saturated heterocycles. The Labute approximate surface area is 88.3 Å². The molecule has 0 amide bonds. The molecule has 1 aromatic heterocycles. The van der Waals surface area contributed by atoms with E-state index in [-0.39, 0.29) is 5.69 Å². The Morgan fingerprint density at radius 2 is 2.29 bits per heavy atom. The average molecular weight is 255 g/mol. The summed E-state index contributed by atoms with van der Waals surface area (Å²) < 4.78 is 2.22. The van der Waals surface area contributed by atoms with Crippen LogP contribution >= 0.6 is 15.9 Å². The summed E-state index contributed by atoms with van der Waals surface area (Å²) in [6.07, 6.45) is 0. The van der Waals surface area contributed by atoms with Crippen LogP contribution in [0.5, 0.6) is 0 Å². The Morgan fingerprint density at radius 3 is 2.93 bits per heavy atom. The number of aromatic nitrogens is 2. The summed E-state index contributed by atoms with van der Waals surface area (Å²) in [6, 6.07) is 5.37. The summed E-state index contributed by atoms with van der Waals surface area (Å²) in [5.41, 5.74) is 0.898. The van der Waals surface area contributed by atoms with Gasteiger partial charge in [-0.05, 0) is 18.2 Å². The van der Waals surface area contributed by atoms with Crippen LogP contribution in [0.4, 0.5) is 0 Å². The van der Waals surface area contributed by atoms with E-state index in [0.29, 0.717) is 10.9 Å². The Hall–Kier alpha value is -1.36. The van der Waals surface area contributed by atoms with E-state index >= 15 is 0 Å². The molecule has 1 aromatic carbocycles. The molecular formula is C9H7BrN2O2. The molecule has 0 aliphatic rings. The maximum Gasteiger partial charge on any atom is 0.354 e. The van der Waals surface area contributed by atoms with E-state index in [1.54, 1.807) is 19.2 Å². The third kappa shape index (κ3) is 1.29. The van der Waals surface area contributed by atoms with Crippen molar-refractivity contribution in [3.05, 3.63) is 28.4 Å². The molecule has 2 rings (SSSR count). The molecule has 0 spiro atoms. The molecule has 0 bridgehead atoms. The number of rotatable bonds is 1. The van der Waals surface area contributed by atoms with Crippen LogP contribution in [0.2, 0.25) is 0 Å². The minimum Gasteiger partial charge on any atom is -0.477 e. The number of carboxylic acid groups (broad SMARTS) is 1. The molecule has 0 aliphatic heterocycles. The summed E-state index contributed by atoms with van der Waals surface area (Å²) in [6.45, 7) is 0. The predicted molar refractivity (Wildman–Crippen MR) is 55.4 cm³/mol. The van der Waals surface area contributed by atoms with Gasteiger partial charge in [0.2, 0.25) is 0 Å². The SMILES string of the molecule is Cn1nc2ccc(Br)cc2c1C(=O)O. The molecule has 72 valence electrons. The van der Waals surface area contributed by atoms with Crippen molar-refractivity contribution in [2.24, 2.45) is 7.05 Å². The normalized spacial score (nSPS) is 10.7. The van der Waals surface area contributed by atoms with Crippen LogP contribution in [0.3, 0.4) is 0 Å². The molecule has 5 heteroatoms. The van der Waals surface area contributed by atoms with Crippen LogP contribution < -0.4 is 0 Å². The van der Waals surface area contributed by atoms with Crippen molar-refractivity contribution in [1.82, 2.24) is 9.78 Å². The molecular weight excluding hydrogens is 248 g/mol. The average Bonchev–Trinajstić information content (AvgIpc) is 2.40. The molecule has 4 nitrogen and oxygen atoms in total. The van der Waals surface area contributed by atoms with Crippen LogP contribution in [-0.2, 0) is 7.05 Å². The van der Waals surface area contributed by atoms with E-state index in [4.69, 9.17) is 5.11 Å². The summed E-state index contributed by atoms with van der Waals surface area (Å²) >= 11 is 3.29. The van der Waals surface area contributed by atoms with Gasteiger partial charge < -0.3 is 5.11 Å². The van der Waals surface area contributed by atoms with Gasteiger partial charge in [-0.2, -0.15) is 5.10 Å². The molecule has 0 aliphatic carbocycles. The maximum absolute atomic E-state index is 10.9. The van der Waals surface area contributed by atoms with Gasteiger partial charge in [-0.15, -0.1) is 0 Å². The number of hydrogen-bond donors (Lipinski definition) is 1. The summed E-state index contributed by atoms with van der Waals surface area (Å²) in [7, 11) is 1.62. The Morgan fingerprint density at radius 1 is 1.57 bits per heavy atom. The zero-order valence-corrected chi connectivity index (χ0v) is 8.95. The highest BCUT2D eigenvalue weighted by Crippen LogP contribution is 2.22. The van der Waals surface area contributed by atoms with Crippen LogP contribution in [0.25, 0.3) is 10.9 Å². The van der Waals surface area contributed by atoms with Gasteiger partial charge in [-0.1, -0.05) is 15.9 Å². The summed E-state index contributed by atoms with van der Waals surface area (Å²) in [4.78, 5) is 10.9. The lowest BCUT2D eigenvalue weighted by molar-refractivity contribution is 0.0687. The van der Waals surface area contributed by atoms with Gasteiger partial charge in [0.05, 0.1) is 5.52 Å². The van der Waals surface area contributed by atoms with Crippen molar-refractivity contribution < 1.29 is 9.90 Å². The topological polar surface area (TPSA) is 55.1 Å². The highest BCUT2D eigenvalue weighted by Gasteiger charge is 2.15. The van der Waals surface area contributed by atoms with E-state index in [1.807, 2.05) is 6.07 Å². The quantitative estimate of drug-likeness (QED) is 0.848. The lowest BCUT2D eigenvalue weighted by Crippen LogP contribution is -2.05. The number of hydrogen-bond acceptors (Lipinski definition) is 2. The second-order valence-electron chi connectivity index (χ2n) is 2.94. The fraction of sp³-hybridized carbons (Fsp3) is 0.111. The molecule has 0 fully saturated rings. The molecule has 0 unspecified atom stereocenters. The molecule has 0 radical (unpaired) electrons. The molecule has 1 heterocycles. The molecule has 1 N–H and O–H groups in total. The zero-order chi connectivity index (χ0) is 10.3. The van der Waals surface area contributed by atoms with E-state index in [1.165, 1.54) is 4.68 Å². The zero-order valence-electron chi connectivity index (χ0n) is 7.36. The van der Waals surface area contributed by atoms with E-state index < -0.39 is 5.97 Å². The second-order valence-corrected chi connectivity index (χ2v) is 3.85. The second kappa shape index (κ2) is 3.09. The van der Waals surface area contributed by atoms with Crippen LogP contribution in [-0.4, -0.2) is 20.9 Å². The molecule has 0 saturated carbocycles. The van der Waals surface area contributed by atoms with Crippen molar-refractivity contribution in [3.63, 3.8) is 0 Å². The lowest BCUT2D eigenvalue weighted by atomic mass is 10.2. The van der Waals surface area contributed by atoms with Crippen molar-refractivity contribution in [2.75, 3.05) is 0 Å². The first-order chi connectivity index (χ1) is 6.59. The van der Waals surface area contributed by atoms with Crippen molar-refractivity contribution in [1.29, 1.82) is 0 Å². The number of carbonyl (C=O) groups is 1. The number of aromatic carboxylic acids is 1. The maximum atomic E-state index is 10.9.